The summed E-state index contributed by atoms with van der Waals surface area (Å²) in [7, 11) is 1.84. The third-order valence-electron chi connectivity index (χ3n) is 2.89. The molecule has 2 amide bonds. The Morgan fingerprint density at radius 1 is 1.30 bits per heavy atom. The second-order valence-corrected chi connectivity index (χ2v) is 5.05. The summed E-state index contributed by atoms with van der Waals surface area (Å²) in [6.07, 6.45) is 3.59. The van der Waals surface area contributed by atoms with E-state index >= 15 is 0 Å². The summed E-state index contributed by atoms with van der Waals surface area (Å²) in [4.78, 5) is 11.7. The van der Waals surface area contributed by atoms with E-state index in [-0.39, 0.29) is 6.03 Å². The van der Waals surface area contributed by atoms with E-state index in [2.05, 4.69) is 15.7 Å². The fourth-order valence-electron chi connectivity index (χ4n) is 1.81. The summed E-state index contributed by atoms with van der Waals surface area (Å²) in [5, 5.41) is 10.4. The number of hydrogen-bond acceptors (Lipinski definition) is 2. The van der Waals surface area contributed by atoms with Gasteiger partial charge in [-0.05, 0) is 24.1 Å². The van der Waals surface area contributed by atoms with Gasteiger partial charge in [-0.3, -0.25) is 4.68 Å². The summed E-state index contributed by atoms with van der Waals surface area (Å²) in [6, 6.07) is 5.49. The van der Waals surface area contributed by atoms with E-state index in [1.54, 1.807) is 10.9 Å². The zero-order chi connectivity index (χ0) is 14.5. The number of urea groups is 1. The average Bonchev–Trinajstić information content (AvgIpc) is 2.83. The van der Waals surface area contributed by atoms with Crippen molar-refractivity contribution in [2.75, 3.05) is 0 Å². The molecule has 0 aliphatic heterocycles. The maximum absolute atomic E-state index is 11.7. The molecule has 2 rings (SSSR count). The lowest BCUT2D eigenvalue weighted by Gasteiger charge is -2.08. The van der Waals surface area contributed by atoms with E-state index in [4.69, 9.17) is 11.6 Å². The molecule has 0 unspecified atom stereocenters. The van der Waals surface area contributed by atoms with Crippen molar-refractivity contribution in [1.29, 1.82) is 0 Å². The van der Waals surface area contributed by atoms with E-state index in [0.29, 0.717) is 13.1 Å². The van der Waals surface area contributed by atoms with Crippen molar-refractivity contribution in [2.24, 2.45) is 7.05 Å². The van der Waals surface area contributed by atoms with Gasteiger partial charge in [0.25, 0.3) is 0 Å². The highest BCUT2D eigenvalue weighted by Crippen LogP contribution is 2.15. The standard InChI is InChI=1S/C14H17ClN4O/c1-10-5-11(3-4-13(10)15)6-16-14(20)17-7-12-8-18-19(2)9-12/h3-5,8-9H,6-7H2,1-2H3,(H2,16,17,20). The van der Waals surface area contributed by atoms with Gasteiger partial charge < -0.3 is 10.6 Å². The molecule has 106 valence electrons. The van der Waals surface area contributed by atoms with Crippen molar-refractivity contribution < 1.29 is 4.79 Å². The number of nitrogens with one attached hydrogen (secondary N) is 2. The number of aromatic nitrogens is 2. The lowest BCUT2D eigenvalue weighted by atomic mass is 10.1. The Morgan fingerprint density at radius 3 is 2.60 bits per heavy atom. The van der Waals surface area contributed by atoms with E-state index < -0.39 is 0 Å². The molecule has 0 atom stereocenters. The lowest BCUT2D eigenvalue weighted by molar-refractivity contribution is 0.240. The van der Waals surface area contributed by atoms with Gasteiger partial charge in [0, 0.05) is 36.9 Å². The van der Waals surface area contributed by atoms with Crippen LogP contribution in [-0.4, -0.2) is 15.8 Å². The molecule has 0 saturated heterocycles. The quantitative estimate of drug-likeness (QED) is 0.909. The Balaban J connectivity index is 1.78. The van der Waals surface area contributed by atoms with Crippen LogP contribution < -0.4 is 10.6 Å². The van der Waals surface area contributed by atoms with E-state index in [0.717, 1.165) is 21.7 Å². The third kappa shape index (κ3) is 3.99. The molecule has 5 nitrogen and oxygen atoms in total. The van der Waals surface area contributed by atoms with Crippen molar-refractivity contribution >= 4 is 17.6 Å². The SMILES string of the molecule is Cc1cc(CNC(=O)NCc2cnn(C)c2)ccc1Cl. The molecule has 0 radical (unpaired) electrons. The first-order valence-corrected chi connectivity index (χ1v) is 6.66. The Labute approximate surface area is 122 Å². The van der Waals surface area contributed by atoms with Crippen LogP contribution in [-0.2, 0) is 20.1 Å². The van der Waals surface area contributed by atoms with Crippen LogP contribution >= 0.6 is 11.6 Å². The highest BCUT2D eigenvalue weighted by atomic mass is 35.5. The predicted octanol–water partition coefficient (Wildman–Crippen LogP) is 2.38. The molecule has 6 heteroatoms. The van der Waals surface area contributed by atoms with Gasteiger partial charge in [-0.25, -0.2) is 4.79 Å². The molecular formula is C14H17ClN4O. The van der Waals surface area contributed by atoms with Crippen LogP contribution in [0, 0.1) is 6.92 Å². The molecule has 0 aliphatic carbocycles. The van der Waals surface area contributed by atoms with Crippen molar-refractivity contribution in [2.45, 2.75) is 20.0 Å². The lowest BCUT2D eigenvalue weighted by Crippen LogP contribution is -2.34. The highest BCUT2D eigenvalue weighted by molar-refractivity contribution is 6.31. The van der Waals surface area contributed by atoms with E-state index in [1.165, 1.54) is 0 Å². The fourth-order valence-corrected chi connectivity index (χ4v) is 1.92. The zero-order valence-electron chi connectivity index (χ0n) is 11.5. The van der Waals surface area contributed by atoms with E-state index in [9.17, 15) is 4.79 Å². The largest absolute Gasteiger partial charge is 0.334 e. The van der Waals surface area contributed by atoms with Crippen LogP contribution in [0.3, 0.4) is 0 Å². The summed E-state index contributed by atoms with van der Waals surface area (Å²) in [5.41, 5.74) is 2.98. The fraction of sp³-hybridized carbons (Fsp3) is 0.286. The molecule has 0 fully saturated rings. The number of nitrogens with zero attached hydrogens (tertiary/aromatic N) is 2. The van der Waals surface area contributed by atoms with Crippen molar-refractivity contribution in [3.63, 3.8) is 0 Å². The number of amides is 2. The minimum Gasteiger partial charge on any atom is -0.334 e. The van der Waals surface area contributed by atoms with Crippen molar-refractivity contribution in [1.82, 2.24) is 20.4 Å². The van der Waals surface area contributed by atoms with Crippen molar-refractivity contribution in [3.05, 3.63) is 52.3 Å². The number of carbonyl (C=O) groups excluding carboxylic acids is 1. The molecule has 1 heterocycles. The maximum Gasteiger partial charge on any atom is 0.315 e. The second-order valence-electron chi connectivity index (χ2n) is 4.64. The number of benzene rings is 1. The molecule has 1 aromatic heterocycles. The van der Waals surface area contributed by atoms with Crippen LogP contribution in [0.1, 0.15) is 16.7 Å². The van der Waals surface area contributed by atoms with Gasteiger partial charge in [0.2, 0.25) is 0 Å². The normalized spacial score (nSPS) is 10.3. The minimum atomic E-state index is -0.207. The maximum atomic E-state index is 11.7. The minimum absolute atomic E-state index is 0.207. The Hall–Kier alpha value is -2.01. The summed E-state index contributed by atoms with van der Waals surface area (Å²) >= 11 is 5.96. The summed E-state index contributed by atoms with van der Waals surface area (Å²) in [5.74, 6) is 0. The Morgan fingerprint density at radius 2 is 2.00 bits per heavy atom. The van der Waals surface area contributed by atoms with Crippen LogP contribution in [0.2, 0.25) is 5.02 Å². The Kier molecular flexibility index (Phi) is 4.63. The monoisotopic (exact) mass is 292 g/mol. The van der Waals surface area contributed by atoms with Gasteiger partial charge >= 0.3 is 6.03 Å². The van der Waals surface area contributed by atoms with Gasteiger partial charge in [-0.15, -0.1) is 0 Å². The Bertz CT molecular complexity index is 609. The molecule has 0 saturated carbocycles. The molecular weight excluding hydrogens is 276 g/mol. The number of halogens is 1. The number of rotatable bonds is 4. The van der Waals surface area contributed by atoms with Crippen LogP contribution in [0.25, 0.3) is 0 Å². The number of carbonyl (C=O) groups is 1. The summed E-state index contributed by atoms with van der Waals surface area (Å²) in [6.45, 7) is 2.87. The van der Waals surface area contributed by atoms with Crippen LogP contribution in [0.15, 0.2) is 30.6 Å². The van der Waals surface area contributed by atoms with E-state index in [1.807, 2.05) is 38.4 Å². The van der Waals surface area contributed by atoms with Crippen LogP contribution in [0.4, 0.5) is 4.79 Å². The average molecular weight is 293 g/mol. The molecule has 2 N–H and O–H groups in total. The first kappa shape index (κ1) is 14.4. The second kappa shape index (κ2) is 6.43. The topological polar surface area (TPSA) is 59.0 Å². The molecule has 2 aromatic rings. The van der Waals surface area contributed by atoms with Gasteiger partial charge in [-0.1, -0.05) is 23.7 Å². The molecule has 20 heavy (non-hydrogen) atoms. The predicted molar refractivity (Wildman–Crippen MR) is 78.5 cm³/mol. The van der Waals surface area contributed by atoms with Gasteiger partial charge in [0.05, 0.1) is 6.20 Å². The van der Waals surface area contributed by atoms with Gasteiger partial charge in [-0.2, -0.15) is 5.10 Å². The van der Waals surface area contributed by atoms with Crippen LogP contribution in [0.5, 0.6) is 0 Å². The first-order chi connectivity index (χ1) is 9.54. The third-order valence-corrected chi connectivity index (χ3v) is 3.31. The molecule has 0 bridgehead atoms. The number of hydrogen-bond donors (Lipinski definition) is 2. The van der Waals surface area contributed by atoms with Gasteiger partial charge in [0.15, 0.2) is 0 Å². The molecule has 0 spiro atoms. The van der Waals surface area contributed by atoms with Crippen molar-refractivity contribution in [3.8, 4) is 0 Å². The smallest absolute Gasteiger partial charge is 0.315 e. The summed E-state index contributed by atoms with van der Waals surface area (Å²) < 4.78 is 1.70. The van der Waals surface area contributed by atoms with Gasteiger partial charge in [0.1, 0.15) is 0 Å². The first-order valence-electron chi connectivity index (χ1n) is 6.29. The molecule has 0 aliphatic rings. The number of aryl methyl sites for hydroxylation is 2. The molecule has 1 aromatic carbocycles. The highest BCUT2D eigenvalue weighted by Gasteiger charge is 2.03. The zero-order valence-corrected chi connectivity index (χ0v) is 12.2.